The molecule has 1 aromatic rings. The molecule has 142 valence electrons. The van der Waals surface area contributed by atoms with Crippen LogP contribution in [0.5, 0.6) is 5.75 Å². The first-order chi connectivity index (χ1) is 11.4. The SMILES string of the molecule is CC(C)(C)[Si](C)(C)Oc1ccccc1C1CCC(OS(C)(=O)=O)CC1. The standard InChI is InChI=1S/C19H32O4SSi/c1-19(2,3)25(5,6)23-18-10-8-7-9-17(18)15-11-13-16(14-12-15)22-24(4,20)21/h7-10,15-16H,11-14H2,1-6H3. The monoisotopic (exact) mass is 384 g/mol. The van der Waals surface area contributed by atoms with Gasteiger partial charge in [0.05, 0.1) is 12.4 Å². The summed E-state index contributed by atoms with van der Waals surface area (Å²) in [4.78, 5) is 0. The van der Waals surface area contributed by atoms with Gasteiger partial charge in [-0.25, -0.2) is 0 Å². The Morgan fingerprint density at radius 1 is 1.04 bits per heavy atom. The fourth-order valence-corrected chi connectivity index (χ4v) is 4.78. The van der Waals surface area contributed by atoms with E-state index < -0.39 is 18.4 Å². The van der Waals surface area contributed by atoms with Gasteiger partial charge in [0.2, 0.25) is 8.32 Å². The van der Waals surface area contributed by atoms with E-state index in [0.29, 0.717) is 5.92 Å². The minimum atomic E-state index is -3.37. The van der Waals surface area contributed by atoms with Crippen molar-refractivity contribution in [3.63, 3.8) is 0 Å². The summed E-state index contributed by atoms with van der Waals surface area (Å²) in [6.45, 7) is 11.3. The summed E-state index contributed by atoms with van der Waals surface area (Å²) in [5, 5.41) is 0.154. The predicted octanol–water partition coefficient (Wildman–Crippen LogP) is 5.07. The van der Waals surface area contributed by atoms with Crippen molar-refractivity contribution in [3.05, 3.63) is 29.8 Å². The van der Waals surface area contributed by atoms with E-state index >= 15 is 0 Å². The summed E-state index contributed by atoms with van der Waals surface area (Å²) >= 11 is 0. The van der Waals surface area contributed by atoms with E-state index in [1.54, 1.807) is 0 Å². The second-order valence-corrected chi connectivity index (χ2v) is 15.0. The van der Waals surface area contributed by atoms with Crippen LogP contribution in [0.25, 0.3) is 0 Å². The highest BCUT2D eigenvalue weighted by Crippen LogP contribution is 2.42. The molecule has 0 atom stereocenters. The van der Waals surface area contributed by atoms with Gasteiger partial charge in [0.1, 0.15) is 5.75 Å². The van der Waals surface area contributed by atoms with Crippen LogP contribution in [0.1, 0.15) is 57.9 Å². The van der Waals surface area contributed by atoms with Gasteiger partial charge in [0, 0.05) is 0 Å². The molecule has 4 nitrogen and oxygen atoms in total. The quantitative estimate of drug-likeness (QED) is 0.525. The Bertz CT molecular complexity index is 684. The Labute approximate surface area is 154 Å². The number of rotatable bonds is 5. The maximum atomic E-state index is 11.3. The number of hydrogen-bond acceptors (Lipinski definition) is 4. The van der Waals surface area contributed by atoms with Gasteiger partial charge in [0.25, 0.3) is 10.1 Å². The lowest BCUT2D eigenvalue weighted by Gasteiger charge is -2.38. The first-order valence-corrected chi connectivity index (χ1v) is 13.8. The highest BCUT2D eigenvalue weighted by atomic mass is 32.2. The molecule has 0 aromatic heterocycles. The lowest BCUT2D eigenvalue weighted by molar-refractivity contribution is 0.154. The molecule has 0 unspecified atom stereocenters. The number of hydrogen-bond donors (Lipinski definition) is 0. The molecule has 0 aliphatic heterocycles. The second-order valence-electron chi connectivity index (χ2n) is 8.67. The lowest BCUT2D eigenvalue weighted by atomic mass is 9.82. The summed E-state index contributed by atoms with van der Waals surface area (Å²) in [5.41, 5.74) is 1.25. The molecule has 0 N–H and O–H groups in total. The van der Waals surface area contributed by atoms with Gasteiger partial charge >= 0.3 is 0 Å². The molecule has 6 heteroatoms. The van der Waals surface area contributed by atoms with Crippen LogP contribution in [-0.2, 0) is 14.3 Å². The zero-order chi connectivity index (χ0) is 18.9. The Hall–Kier alpha value is -0.853. The fourth-order valence-electron chi connectivity index (χ4n) is 3.06. The molecule has 0 heterocycles. The molecule has 25 heavy (non-hydrogen) atoms. The normalized spacial score (nSPS) is 22.6. The zero-order valence-corrected chi connectivity index (χ0v) is 18.2. The van der Waals surface area contributed by atoms with Crippen molar-refractivity contribution in [2.45, 2.75) is 76.6 Å². The van der Waals surface area contributed by atoms with Crippen LogP contribution < -0.4 is 4.43 Å². The van der Waals surface area contributed by atoms with Crippen molar-refractivity contribution in [2.24, 2.45) is 0 Å². The Balaban J connectivity index is 2.12. The molecule has 1 aromatic carbocycles. The molecule has 1 fully saturated rings. The third-order valence-corrected chi connectivity index (χ3v) is 10.5. The number of para-hydroxylation sites is 1. The van der Waals surface area contributed by atoms with Gasteiger partial charge < -0.3 is 4.43 Å². The first kappa shape index (κ1) is 20.5. The Morgan fingerprint density at radius 3 is 2.12 bits per heavy atom. The van der Waals surface area contributed by atoms with Crippen molar-refractivity contribution in [1.82, 2.24) is 0 Å². The summed E-state index contributed by atoms with van der Waals surface area (Å²) in [6.07, 6.45) is 4.34. The summed E-state index contributed by atoms with van der Waals surface area (Å²) < 4.78 is 34.4. The minimum absolute atomic E-state index is 0.154. The van der Waals surface area contributed by atoms with Gasteiger partial charge in [0.15, 0.2) is 0 Å². The molecule has 0 amide bonds. The van der Waals surface area contributed by atoms with E-state index in [1.807, 2.05) is 6.07 Å². The summed E-state index contributed by atoms with van der Waals surface area (Å²) in [6, 6.07) is 8.33. The van der Waals surface area contributed by atoms with Crippen molar-refractivity contribution in [1.29, 1.82) is 0 Å². The Morgan fingerprint density at radius 2 is 1.60 bits per heavy atom. The van der Waals surface area contributed by atoms with E-state index in [1.165, 1.54) is 5.56 Å². The van der Waals surface area contributed by atoms with Crippen molar-refractivity contribution in [3.8, 4) is 5.75 Å². The molecular weight excluding hydrogens is 352 g/mol. The zero-order valence-electron chi connectivity index (χ0n) is 16.3. The highest BCUT2D eigenvalue weighted by molar-refractivity contribution is 7.86. The molecule has 0 spiro atoms. The van der Waals surface area contributed by atoms with Crippen molar-refractivity contribution >= 4 is 18.4 Å². The molecule has 0 radical (unpaired) electrons. The maximum Gasteiger partial charge on any atom is 0.264 e. The molecule has 1 saturated carbocycles. The van der Waals surface area contributed by atoms with Crippen LogP contribution in [0, 0.1) is 0 Å². The van der Waals surface area contributed by atoms with E-state index in [2.05, 4.69) is 52.1 Å². The third kappa shape index (κ3) is 5.56. The van der Waals surface area contributed by atoms with Crippen LogP contribution >= 0.6 is 0 Å². The average molecular weight is 385 g/mol. The van der Waals surface area contributed by atoms with E-state index in [4.69, 9.17) is 8.61 Å². The van der Waals surface area contributed by atoms with Crippen LogP contribution in [-0.4, -0.2) is 29.1 Å². The largest absolute Gasteiger partial charge is 0.543 e. The fraction of sp³-hybridized carbons (Fsp3) is 0.684. The maximum absolute atomic E-state index is 11.3. The van der Waals surface area contributed by atoms with Gasteiger partial charge in [-0.15, -0.1) is 0 Å². The highest BCUT2D eigenvalue weighted by Gasteiger charge is 2.39. The molecule has 1 aliphatic rings. The van der Waals surface area contributed by atoms with Gasteiger partial charge in [-0.2, -0.15) is 8.42 Å². The van der Waals surface area contributed by atoms with Crippen molar-refractivity contribution in [2.75, 3.05) is 6.26 Å². The van der Waals surface area contributed by atoms with Gasteiger partial charge in [-0.1, -0.05) is 39.0 Å². The smallest absolute Gasteiger partial charge is 0.264 e. The van der Waals surface area contributed by atoms with E-state index in [0.717, 1.165) is 37.7 Å². The van der Waals surface area contributed by atoms with Gasteiger partial charge in [-0.3, -0.25) is 4.18 Å². The average Bonchev–Trinajstić information content (AvgIpc) is 2.45. The molecular formula is C19H32O4SSi. The number of benzene rings is 1. The molecule has 0 bridgehead atoms. The first-order valence-electron chi connectivity index (χ1n) is 9.05. The van der Waals surface area contributed by atoms with E-state index in [-0.39, 0.29) is 11.1 Å². The van der Waals surface area contributed by atoms with Crippen LogP contribution in [0.2, 0.25) is 18.1 Å². The third-order valence-electron chi connectivity index (χ3n) is 5.52. The lowest BCUT2D eigenvalue weighted by Crippen LogP contribution is -2.44. The van der Waals surface area contributed by atoms with Crippen LogP contribution in [0.4, 0.5) is 0 Å². The molecule has 2 rings (SSSR count). The minimum Gasteiger partial charge on any atom is -0.543 e. The van der Waals surface area contributed by atoms with Gasteiger partial charge in [-0.05, 0) is 61.4 Å². The van der Waals surface area contributed by atoms with Crippen LogP contribution in [0.3, 0.4) is 0 Å². The van der Waals surface area contributed by atoms with E-state index in [9.17, 15) is 8.42 Å². The summed E-state index contributed by atoms with van der Waals surface area (Å²) in [5.74, 6) is 1.40. The molecule has 0 saturated heterocycles. The second kappa shape index (κ2) is 7.41. The van der Waals surface area contributed by atoms with Crippen LogP contribution in [0.15, 0.2) is 24.3 Å². The topological polar surface area (TPSA) is 52.6 Å². The Kier molecular flexibility index (Phi) is 6.06. The van der Waals surface area contributed by atoms with Crippen molar-refractivity contribution < 1.29 is 17.0 Å². The predicted molar refractivity (Wildman–Crippen MR) is 105 cm³/mol. The molecule has 1 aliphatic carbocycles. The summed E-state index contributed by atoms with van der Waals surface area (Å²) in [7, 11) is -5.26.